The van der Waals surface area contributed by atoms with Crippen LogP contribution >= 0.6 is 11.3 Å². The van der Waals surface area contributed by atoms with Gasteiger partial charge in [0.05, 0.1) is 18.7 Å². The lowest BCUT2D eigenvalue weighted by atomic mass is 10.1. The molecule has 1 aromatic heterocycles. The second-order valence-corrected chi connectivity index (χ2v) is 7.41. The zero-order chi connectivity index (χ0) is 18.8. The Morgan fingerprint density at radius 2 is 2.04 bits per heavy atom. The second-order valence-electron chi connectivity index (χ2n) is 6.63. The van der Waals surface area contributed by atoms with Gasteiger partial charge in [0.1, 0.15) is 0 Å². The van der Waals surface area contributed by atoms with Crippen LogP contribution in [0.1, 0.15) is 52.1 Å². The van der Waals surface area contributed by atoms with E-state index < -0.39 is 0 Å². The summed E-state index contributed by atoms with van der Waals surface area (Å²) >= 11 is 1.77. The third-order valence-corrected chi connectivity index (χ3v) is 5.78. The quantitative estimate of drug-likeness (QED) is 0.525. The normalized spacial score (nSPS) is 17.7. The van der Waals surface area contributed by atoms with Crippen molar-refractivity contribution in [1.82, 2.24) is 15.1 Å². The monoisotopic (exact) mass is 380 g/mol. The molecule has 1 aliphatic rings. The van der Waals surface area contributed by atoms with Crippen LogP contribution in [0, 0.1) is 0 Å². The summed E-state index contributed by atoms with van der Waals surface area (Å²) in [4.78, 5) is 9.93. The maximum absolute atomic E-state index is 5.79. The Balaban J connectivity index is 2.06. The molecule has 0 aromatic carbocycles. The van der Waals surface area contributed by atoms with Crippen molar-refractivity contribution in [3.63, 3.8) is 0 Å². The van der Waals surface area contributed by atoms with Crippen molar-refractivity contribution >= 4 is 17.3 Å². The maximum atomic E-state index is 5.79. The van der Waals surface area contributed by atoms with Gasteiger partial charge in [0.15, 0.2) is 5.96 Å². The SMILES string of the molecule is CCNC(=NCC(c1ccsc1)N(CC)CC)N1CCC(OCC)CC1. The van der Waals surface area contributed by atoms with Gasteiger partial charge in [0.2, 0.25) is 0 Å². The van der Waals surface area contributed by atoms with E-state index in [2.05, 4.69) is 59.6 Å². The fourth-order valence-electron chi connectivity index (χ4n) is 3.63. The van der Waals surface area contributed by atoms with Gasteiger partial charge in [-0.2, -0.15) is 11.3 Å². The lowest BCUT2D eigenvalue weighted by molar-refractivity contribution is 0.0263. The number of aliphatic imine (C=N–C) groups is 1. The van der Waals surface area contributed by atoms with E-state index in [4.69, 9.17) is 9.73 Å². The molecule has 0 saturated carbocycles. The number of guanidine groups is 1. The Morgan fingerprint density at radius 1 is 1.31 bits per heavy atom. The van der Waals surface area contributed by atoms with Gasteiger partial charge in [-0.15, -0.1) is 0 Å². The van der Waals surface area contributed by atoms with E-state index in [9.17, 15) is 0 Å². The molecule has 5 nitrogen and oxygen atoms in total. The minimum absolute atomic E-state index is 0.353. The standard InChI is InChI=1S/C20H36N4OS/c1-5-21-20(24-12-9-18(10-13-24)25-8-4)22-15-19(23(6-2)7-3)17-11-14-26-16-17/h11,14,16,18-19H,5-10,12-13,15H2,1-4H3,(H,21,22). The molecule has 0 radical (unpaired) electrons. The van der Waals surface area contributed by atoms with Gasteiger partial charge in [0, 0.05) is 26.2 Å². The molecule has 1 aromatic rings. The summed E-state index contributed by atoms with van der Waals surface area (Å²) < 4.78 is 5.79. The molecule has 2 heterocycles. The van der Waals surface area contributed by atoms with E-state index in [1.165, 1.54) is 5.56 Å². The number of likely N-dealkylation sites (N-methyl/N-ethyl adjacent to an activating group) is 1. The molecule has 1 N–H and O–H groups in total. The number of nitrogens with one attached hydrogen (secondary N) is 1. The van der Waals surface area contributed by atoms with Crippen molar-refractivity contribution in [2.24, 2.45) is 4.99 Å². The Labute approximate surface area is 163 Å². The summed E-state index contributed by atoms with van der Waals surface area (Å²) in [6.45, 7) is 15.3. The topological polar surface area (TPSA) is 40.1 Å². The number of nitrogens with zero attached hydrogens (tertiary/aromatic N) is 3. The third-order valence-electron chi connectivity index (χ3n) is 5.07. The average Bonchev–Trinajstić information content (AvgIpc) is 3.19. The molecule has 0 aliphatic carbocycles. The average molecular weight is 381 g/mol. The lowest BCUT2D eigenvalue weighted by Crippen LogP contribution is -2.47. The van der Waals surface area contributed by atoms with Crippen LogP contribution in [0.15, 0.2) is 21.8 Å². The molecule has 2 rings (SSSR count). The Morgan fingerprint density at radius 3 is 2.58 bits per heavy atom. The van der Waals surface area contributed by atoms with Crippen molar-refractivity contribution in [1.29, 1.82) is 0 Å². The number of likely N-dealkylation sites (tertiary alicyclic amines) is 1. The van der Waals surface area contributed by atoms with E-state index in [0.717, 1.165) is 64.7 Å². The molecule has 1 fully saturated rings. The van der Waals surface area contributed by atoms with Crippen LogP contribution in [0.4, 0.5) is 0 Å². The predicted molar refractivity (Wildman–Crippen MR) is 112 cm³/mol. The van der Waals surface area contributed by atoms with Crippen molar-refractivity contribution in [2.75, 3.05) is 45.9 Å². The first-order chi connectivity index (χ1) is 12.7. The summed E-state index contributed by atoms with van der Waals surface area (Å²) in [5.74, 6) is 1.05. The summed E-state index contributed by atoms with van der Waals surface area (Å²) in [5.41, 5.74) is 1.38. The van der Waals surface area contributed by atoms with Crippen LogP contribution in [0.5, 0.6) is 0 Å². The molecule has 1 saturated heterocycles. The van der Waals surface area contributed by atoms with Crippen molar-refractivity contribution in [2.45, 2.75) is 52.7 Å². The molecular formula is C20H36N4OS. The highest BCUT2D eigenvalue weighted by Crippen LogP contribution is 2.23. The van der Waals surface area contributed by atoms with Crippen LogP contribution in [0.3, 0.4) is 0 Å². The number of ether oxygens (including phenoxy) is 1. The molecule has 26 heavy (non-hydrogen) atoms. The smallest absolute Gasteiger partial charge is 0.193 e. The Bertz CT molecular complexity index is 508. The molecule has 0 bridgehead atoms. The number of rotatable bonds is 9. The predicted octanol–water partition coefficient (Wildman–Crippen LogP) is 3.60. The van der Waals surface area contributed by atoms with E-state index in [1.807, 2.05) is 0 Å². The number of hydrogen-bond acceptors (Lipinski definition) is 4. The zero-order valence-electron chi connectivity index (χ0n) is 16.9. The largest absolute Gasteiger partial charge is 0.378 e. The molecule has 1 atom stereocenters. The van der Waals surface area contributed by atoms with Crippen LogP contribution in [-0.2, 0) is 4.74 Å². The first kappa shape index (κ1) is 21.2. The highest BCUT2D eigenvalue weighted by molar-refractivity contribution is 7.07. The molecule has 0 spiro atoms. The van der Waals surface area contributed by atoms with Gasteiger partial charge in [-0.1, -0.05) is 13.8 Å². The van der Waals surface area contributed by atoms with Crippen molar-refractivity contribution in [3.05, 3.63) is 22.4 Å². The minimum Gasteiger partial charge on any atom is -0.378 e. The molecule has 6 heteroatoms. The first-order valence-electron chi connectivity index (χ1n) is 10.1. The molecule has 148 valence electrons. The van der Waals surface area contributed by atoms with Gasteiger partial charge >= 0.3 is 0 Å². The Kier molecular flexibility index (Phi) is 9.43. The van der Waals surface area contributed by atoms with Crippen LogP contribution in [0.2, 0.25) is 0 Å². The molecular weight excluding hydrogens is 344 g/mol. The summed E-state index contributed by atoms with van der Waals surface area (Å²) in [5, 5.41) is 7.92. The van der Waals surface area contributed by atoms with Gasteiger partial charge in [0.25, 0.3) is 0 Å². The minimum atomic E-state index is 0.353. The number of hydrogen-bond donors (Lipinski definition) is 1. The van der Waals surface area contributed by atoms with E-state index in [1.54, 1.807) is 11.3 Å². The number of piperidine rings is 1. The summed E-state index contributed by atoms with van der Waals surface area (Å²) in [6.07, 6.45) is 2.58. The van der Waals surface area contributed by atoms with Crippen molar-refractivity contribution in [3.8, 4) is 0 Å². The number of thiophene rings is 1. The maximum Gasteiger partial charge on any atom is 0.193 e. The van der Waals surface area contributed by atoms with E-state index >= 15 is 0 Å². The van der Waals surface area contributed by atoms with Crippen LogP contribution in [-0.4, -0.2) is 67.7 Å². The van der Waals surface area contributed by atoms with Crippen LogP contribution < -0.4 is 5.32 Å². The molecule has 1 aliphatic heterocycles. The zero-order valence-corrected chi connectivity index (χ0v) is 17.7. The van der Waals surface area contributed by atoms with Gasteiger partial charge in [-0.3, -0.25) is 9.89 Å². The van der Waals surface area contributed by atoms with Gasteiger partial charge in [-0.25, -0.2) is 0 Å². The van der Waals surface area contributed by atoms with E-state index in [0.29, 0.717) is 12.1 Å². The highest BCUT2D eigenvalue weighted by atomic mass is 32.1. The highest BCUT2D eigenvalue weighted by Gasteiger charge is 2.23. The molecule has 0 amide bonds. The summed E-state index contributed by atoms with van der Waals surface area (Å²) in [7, 11) is 0. The van der Waals surface area contributed by atoms with Gasteiger partial charge in [-0.05, 0) is 62.2 Å². The van der Waals surface area contributed by atoms with Crippen molar-refractivity contribution < 1.29 is 4.74 Å². The van der Waals surface area contributed by atoms with Crippen LogP contribution in [0.25, 0.3) is 0 Å². The fraction of sp³-hybridized carbons (Fsp3) is 0.750. The molecule has 1 unspecified atom stereocenters. The summed E-state index contributed by atoms with van der Waals surface area (Å²) in [6, 6.07) is 2.59. The van der Waals surface area contributed by atoms with Gasteiger partial charge < -0.3 is 15.0 Å². The first-order valence-corrected chi connectivity index (χ1v) is 11.1. The lowest BCUT2D eigenvalue weighted by Gasteiger charge is -2.34. The second kappa shape index (κ2) is 11.6. The Hall–Kier alpha value is -1.11. The van der Waals surface area contributed by atoms with E-state index in [-0.39, 0.29) is 0 Å². The fourth-order valence-corrected chi connectivity index (χ4v) is 4.34. The third kappa shape index (κ3) is 5.96.